The van der Waals surface area contributed by atoms with E-state index in [0.29, 0.717) is 6.42 Å². The predicted octanol–water partition coefficient (Wildman–Crippen LogP) is 3.76. The fourth-order valence-electron chi connectivity index (χ4n) is 4.25. The van der Waals surface area contributed by atoms with Crippen molar-refractivity contribution in [1.29, 1.82) is 0 Å². The lowest BCUT2D eigenvalue weighted by Crippen LogP contribution is -2.36. The summed E-state index contributed by atoms with van der Waals surface area (Å²) >= 11 is 0. The Kier molecular flexibility index (Phi) is 6.62. The molecule has 0 bridgehead atoms. The first-order valence-corrected chi connectivity index (χ1v) is 11.1. The second-order valence-corrected chi connectivity index (χ2v) is 8.17. The first-order valence-electron chi connectivity index (χ1n) is 11.1. The number of amides is 2. The number of ether oxygens (including phenoxy) is 1. The monoisotopic (exact) mass is 462 g/mol. The van der Waals surface area contributed by atoms with Gasteiger partial charge in [-0.15, -0.1) is 0 Å². The summed E-state index contributed by atoms with van der Waals surface area (Å²) < 4.78 is 6.84. The summed E-state index contributed by atoms with van der Waals surface area (Å²) in [4.78, 5) is 36.0. The van der Waals surface area contributed by atoms with E-state index in [4.69, 9.17) is 9.84 Å². The fraction of sp³-hybridized carbons (Fsp3) is 0.280. The Morgan fingerprint density at radius 2 is 1.71 bits per heavy atom. The van der Waals surface area contributed by atoms with E-state index in [0.717, 1.165) is 22.3 Å². The zero-order chi connectivity index (χ0) is 24.2. The molecule has 9 heteroatoms. The molecule has 1 aliphatic rings. The SMILES string of the molecule is CC[C@@H](CC(=O)O)NC(=O)c1cc(NC(=O)OCC2c3ccccc3-c3ccccc32)nn1C. The average molecular weight is 463 g/mol. The Labute approximate surface area is 196 Å². The van der Waals surface area contributed by atoms with Crippen LogP contribution in [0.25, 0.3) is 11.1 Å². The van der Waals surface area contributed by atoms with Crippen LogP contribution in [0.5, 0.6) is 0 Å². The van der Waals surface area contributed by atoms with Gasteiger partial charge < -0.3 is 15.2 Å². The summed E-state index contributed by atoms with van der Waals surface area (Å²) in [6.07, 6.45) is -0.379. The highest BCUT2D eigenvalue weighted by Gasteiger charge is 2.29. The van der Waals surface area contributed by atoms with Gasteiger partial charge >= 0.3 is 12.1 Å². The summed E-state index contributed by atoms with van der Waals surface area (Å²) in [5.74, 6) is -1.36. The van der Waals surface area contributed by atoms with E-state index < -0.39 is 24.0 Å². The molecule has 0 spiro atoms. The molecule has 176 valence electrons. The average Bonchev–Trinajstić information content (AvgIpc) is 3.34. The van der Waals surface area contributed by atoms with Crippen LogP contribution >= 0.6 is 0 Å². The molecule has 0 unspecified atom stereocenters. The van der Waals surface area contributed by atoms with E-state index in [1.807, 2.05) is 36.4 Å². The van der Waals surface area contributed by atoms with Crippen LogP contribution in [-0.4, -0.2) is 45.5 Å². The van der Waals surface area contributed by atoms with E-state index >= 15 is 0 Å². The van der Waals surface area contributed by atoms with Crippen molar-refractivity contribution < 1.29 is 24.2 Å². The molecular formula is C25H26N4O5. The second kappa shape index (κ2) is 9.78. The first kappa shape index (κ1) is 23.0. The summed E-state index contributed by atoms with van der Waals surface area (Å²) in [5.41, 5.74) is 4.69. The van der Waals surface area contributed by atoms with Crippen LogP contribution in [0.4, 0.5) is 10.6 Å². The normalized spacial score (nSPS) is 13.0. The maximum atomic E-state index is 12.5. The van der Waals surface area contributed by atoms with Crippen LogP contribution < -0.4 is 10.6 Å². The molecule has 0 saturated heterocycles. The molecule has 0 aliphatic heterocycles. The van der Waals surface area contributed by atoms with Gasteiger partial charge in [0.15, 0.2) is 5.82 Å². The molecule has 3 aromatic rings. The number of carbonyl (C=O) groups is 3. The standard InChI is InChI=1S/C25H26N4O5/c1-3-15(12-23(30)31)26-24(32)21-13-22(28-29(21)2)27-25(33)34-14-20-18-10-6-4-8-16(18)17-9-5-7-11-19(17)20/h4-11,13,15,20H,3,12,14H2,1-2H3,(H,26,32)(H,30,31)(H,27,28,33)/t15-/m0/s1. The van der Waals surface area contributed by atoms with Crippen LogP contribution in [0.3, 0.4) is 0 Å². The number of aliphatic carboxylic acids is 1. The van der Waals surface area contributed by atoms with Crippen LogP contribution in [0.15, 0.2) is 54.6 Å². The van der Waals surface area contributed by atoms with E-state index in [9.17, 15) is 14.4 Å². The number of nitrogens with one attached hydrogen (secondary N) is 2. The van der Waals surface area contributed by atoms with Gasteiger partial charge in [0, 0.05) is 25.1 Å². The van der Waals surface area contributed by atoms with E-state index in [2.05, 4.69) is 27.9 Å². The van der Waals surface area contributed by atoms with Crippen LogP contribution in [-0.2, 0) is 16.6 Å². The van der Waals surface area contributed by atoms with Gasteiger partial charge in [-0.05, 0) is 28.7 Å². The maximum absolute atomic E-state index is 12.5. The number of hydrogen-bond donors (Lipinski definition) is 3. The highest BCUT2D eigenvalue weighted by Crippen LogP contribution is 2.44. The number of aryl methyl sites for hydroxylation is 1. The Morgan fingerprint density at radius 1 is 1.09 bits per heavy atom. The zero-order valence-corrected chi connectivity index (χ0v) is 18.9. The lowest BCUT2D eigenvalue weighted by atomic mass is 9.98. The maximum Gasteiger partial charge on any atom is 0.412 e. The number of carboxylic acid groups (broad SMARTS) is 1. The molecular weight excluding hydrogens is 436 g/mol. The number of carboxylic acids is 1. The van der Waals surface area contributed by atoms with Gasteiger partial charge in [-0.25, -0.2) is 4.79 Å². The third kappa shape index (κ3) is 4.78. The van der Waals surface area contributed by atoms with Crippen molar-refractivity contribution >= 4 is 23.8 Å². The Morgan fingerprint density at radius 3 is 2.29 bits per heavy atom. The number of benzene rings is 2. The molecule has 4 rings (SSSR count). The fourth-order valence-corrected chi connectivity index (χ4v) is 4.25. The van der Waals surface area contributed by atoms with Gasteiger partial charge in [-0.2, -0.15) is 5.10 Å². The number of nitrogens with zero attached hydrogens (tertiary/aromatic N) is 2. The smallest absolute Gasteiger partial charge is 0.412 e. The largest absolute Gasteiger partial charge is 0.481 e. The minimum Gasteiger partial charge on any atom is -0.481 e. The predicted molar refractivity (Wildman–Crippen MR) is 126 cm³/mol. The topological polar surface area (TPSA) is 123 Å². The Hall–Kier alpha value is -4.14. The van der Waals surface area contributed by atoms with Crippen LogP contribution in [0, 0.1) is 0 Å². The van der Waals surface area contributed by atoms with E-state index in [1.54, 1.807) is 14.0 Å². The van der Waals surface area contributed by atoms with Gasteiger partial charge in [-0.3, -0.25) is 19.6 Å². The van der Waals surface area contributed by atoms with Crippen LogP contribution in [0.1, 0.15) is 47.3 Å². The van der Waals surface area contributed by atoms with Gasteiger partial charge in [0.05, 0.1) is 6.42 Å². The number of rotatable bonds is 8. The third-order valence-corrected chi connectivity index (χ3v) is 5.94. The van der Waals surface area contributed by atoms with Gasteiger partial charge in [-0.1, -0.05) is 55.5 Å². The number of anilines is 1. The molecule has 3 N–H and O–H groups in total. The van der Waals surface area contributed by atoms with Gasteiger partial charge in [0.25, 0.3) is 5.91 Å². The summed E-state index contributed by atoms with van der Waals surface area (Å²) in [7, 11) is 1.57. The van der Waals surface area contributed by atoms with Crippen molar-refractivity contribution in [3.63, 3.8) is 0 Å². The molecule has 1 aromatic heterocycles. The number of carbonyl (C=O) groups excluding carboxylic acids is 2. The van der Waals surface area contributed by atoms with Crippen molar-refractivity contribution in [2.24, 2.45) is 7.05 Å². The van der Waals surface area contributed by atoms with Crippen molar-refractivity contribution in [1.82, 2.24) is 15.1 Å². The molecule has 9 nitrogen and oxygen atoms in total. The number of hydrogen-bond acceptors (Lipinski definition) is 5. The summed E-state index contributed by atoms with van der Waals surface area (Å²) in [6.45, 7) is 1.95. The molecule has 34 heavy (non-hydrogen) atoms. The minimum atomic E-state index is -0.991. The first-order chi connectivity index (χ1) is 16.4. The molecule has 0 radical (unpaired) electrons. The summed E-state index contributed by atoms with van der Waals surface area (Å²) in [6, 6.07) is 17.0. The molecule has 1 atom stereocenters. The molecule has 0 saturated carbocycles. The highest BCUT2D eigenvalue weighted by molar-refractivity contribution is 5.95. The van der Waals surface area contributed by atoms with Crippen molar-refractivity contribution in [3.05, 3.63) is 71.4 Å². The quantitative estimate of drug-likeness (QED) is 0.468. The Balaban J connectivity index is 1.39. The van der Waals surface area contributed by atoms with E-state index in [-0.39, 0.29) is 30.5 Å². The number of fused-ring (bicyclic) bond motifs is 3. The lowest BCUT2D eigenvalue weighted by Gasteiger charge is -2.14. The van der Waals surface area contributed by atoms with Crippen LogP contribution in [0.2, 0.25) is 0 Å². The highest BCUT2D eigenvalue weighted by atomic mass is 16.5. The lowest BCUT2D eigenvalue weighted by molar-refractivity contribution is -0.137. The molecule has 0 fully saturated rings. The molecule has 1 aliphatic carbocycles. The van der Waals surface area contributed by atoms with Gasteiger partial charge in [0.2, 0.25) is 0 Å². The van der Waals surface area contributed by atoms with E-state index in [1.165, 1.54) is 10.7 Å². The second-order valence-electron chi connectivity index (χ2n) is 8.17. The van der Waals surface area contributed by atoms with Crippen molar-refractivity contribution in [3.8, 4) is 11.1 Å². The summed E-state index contributed by atoms with van der Waals surface area (Å²) in [5, 5.41) is 18.3. The Bertz CT molecular complexity index is 1190. The van der Waals surface area contributed by atoms with Gasteiger partial charge in [0.1, 0.15) is 12.3 Å². The molecule has 2 aromatic carbocycles. The van der Waals surface area contributed by atoms with Crippen molar-refractivity contribution in [2.75, 3.05) is 11.9 Å². The molecule has 1 heterocycles. The minimum absolute atomic E-state index is 0.0663. The number of aromatic nitrogens is 2. The van der Waals surface area contributed by atoms with Crippen molar-refractivity contribution in [2.45, 2.75) is 31.7 Å². The zero-order valence-electron chi connectivity index (χ0n) is 18.9. The third-order valence-electron chi connectivity index (χ3n) is 5.94. The molecule has 2 amide bonds.